The Morgan fingerprint density at radius 1 is 0.952 bits per heavy atom. The van der Waals surface area contributed by atoms with E-state index in [1.807, 2.05) is 12.1 Å². The molecule has 0 saturated carbocycles. The van der Waals surface area contributed by atoms with E-state index in [1.165, 1.54) is 5.56 Å². The molecule has 0 aliphatic rings. The summed E-state index contributed by atoms with van der Waals surface area (Å²) < 4.78 is 0. The molecule has 0 aromatic heterocycles. The van der Waals surface area contributed by atoms with E-state index in [9.17, 15) is 9.90 Å². The summed E-state index contributed by atoms with van der Waals surface area (Å²) in [6.07, 6.45) is 2.16. The second-order valence-electron chi connectivity index (χ2n) is 5.11. The topological polar surface area (TPSA) is 49.3 Å². The highest BCUT2D eigenvalue weighted by Crippen LogP contribution is 2.11. The lowest BCUT2D eigenvalue weighted by Gasteiger charge is -2.06. The Hall–Kier alpha value is -2.29. The van der Waals surface area contributed by atoms with E-state index in [0.29, 0.717) is 19.4 Å². The fourth-order valence-electron chi connectivity index (χ4n) is 2.10. The van der Waals surface area contributed by atoms with Gasteiger partial charge < -0.3 is 10.4 Å². The number of carbonyl (C=O) groups excluding carboxylic acids is 1. The van der Waals surface area contributed by atoms with Crippen LogP contribution in [0.4, 0.5) is 0 Å². The van der Waals surface area contributed by atoms with Gasteiger partial charge >= 0.3 is 0 Å². The van der Waals surface area contributed by atoms with E-state index in [-0.39, 0.29) is 11.7 Å². The van der Waals surface area contributed by atoms with Crippen LogP contribution in [0.2, 0.25) is 0 Å². The Bertz CT molecular complexity index is 573. The van der Waals surface area contributed by atoms with Gasteiger partial charge in [0.25, 0.3) is 0 Å². The summed E-state index contributed by atoms with van der Waals surface area (Å²) in [4.78, 5) is 11.8. The minimum Gasteiger partial charge on any atom is -0.508 e. The Morgan fingerprint density at radius 2 is 1.52 bits per heavy atom. The summed E-state index contributed by atoms with van der Waals surface area (Å²) in [7, 11) is 0. The first-order chi connectivity index (χ1) is 10.2. The van der Waals surface area contributed by atoms with Crippen LogP contribution in [0.5, 0.6) is 5.75 Å². The van der Waals surface area contributed by atoms with E-state index in [4.69, 9.17) is 0 Å². The molecule has 21 heavy (non-hydrogen) atoms. The van der Waals surface area contributed by atoms with E-state index in [1.54, 1.807) is 12.1 Å². The third-order valence-electron chi connectivity index (χ3n) is 3.50. The molecule has 2 aromatic carbocycles. The summed E-state index contributed by atoms with van der Waals surface area (Å²) in [5.41, 5.74) is 3.47. The van der Waals surface area contributed by atoms with Crippen LogP contribution in [0.25, 0.3) is 0 Å². The fraction of sp³-hybridized carbons (Fsp3) is 0.278. The first kappa shape index (κ1) is 15.1. The summed E-state index contributed by atoms with van der Waals surface area (Å²) in [6, 6.07) is 15.3. The van der Waals surface area contributed by atoms with Crippen molar-refractivity contribution in [2.75, 3.05) is 0 Å². The largest absolute Gasteiger partial charge is 0.508 e. The number of carbonyl (C=O) groups is 1. The van der Waals surface area contributed by atoms with Gasteiger partial charge in [0.05, 0.1) is 0 Å². The van der Waals surface area contributed by atoms with Crippen LogP contribution >= 0.6 is 0 Å². The zero-order valence-electron chi connectivity index (χ0n) is 12.3. The number of benzene rings is 2. The minimum absolute atomic E-state index is 0.0441. The molecule has 0 saturated heterocycles. The van der Waals surface area contributed by atoms with Gasteiger partial charge in [0.1, 0.15) is 5.75 Å². The van der Waals surface area contributed by atoms with E-state index >= 15 is 0 Å². The number of hydrogen-bond acceptors (Lipinski definition) is 2. The molecule has 3 heteroatoms. The molecule has 2 N–H and O–H groups in total. The van der Waals surface area contributed by atoms with Gasteiger partial charge in [-0.05, 0) is 41.7 Å². The number of aromatic hydroxyl groups is 1. The highest BCUT2D eigenvalue weighted by Gasteiger charge is 2.03. The highest BCUT2D eigenvalue weighted by molar-refractivity contribution is 5.76. The molecular weight excluding hydrogens is 262 g/mol. The van der Waals surface area contributed by atoms with Crippen LogP contribution in [0.1, 0.15) is 30.0 Å². The molecule has 0 radical (unpaired) electrons. The molecule has 0 spiro atoms. The van der Waals surface area contributed by atoms with E-state index in [0.717, 1.165) is 17.5 Å². The van der Waals surface area contributed by atoms with Gasteiger partial charge in [0.2, 0.25) is 5.91 Å². The van der Waals surface area contributed by atoms with Crippen LogP contribution in [-0.2, 0) is 24.2 Å². The molecule has 2 aromatic rings. The summed E-state index contributed by atoms with van der Waals surface area (Å²) in [5, 5.41) is 12.1. The third kappa shape index (κ3) is 4.95. The molecule has 0 heterocycles. The van der Waals surface area contributed by atoms with Gasteiger partial charge in [-0.2, -0.15) is 0 Å². The molecule has 110 valence electrons. The smallest absolute Gasteiger partial charge is 0.220 e. The van der Waals surface area contributed by atoms with Crippen molar-refractivity contribution < 1.29 is 9.90 Å². The van der Waals surface area contributed by atoms with Crippen molar-refractivity contribution in [2.24, 2.45) is 0 Å². The molecule has 0 fully saturated rings. The predicted octanol–water partition coefficient (Wildman–Crippen LogP) is 3.20. The van der Waals surface area contributed by atoms with Gasteiger partial charge in [-0.15, -0.1) is 0 Å². The SMILES string of the molecule is CCc1ccc(CNC(=O)CCc2ccc(O)cc2)cc1. The van der Waals surface area contributed by atoms with Crippen molar-refractivity contribution in [1.29, 1.82) is 0 Å². The van der Waals surface area contributed by atoms with Crippen LogP contribution in [-0.4, -0.2) is 11.0 Å². The van der Waals surface area contributed by atoms with Crippen molar-refractivity contribution in [3.63, 3.8) is 0 Å². The average molecular weight is 283 g/mol. The maximum Gasteiger partial charge on any atom is 0.220 e. The van der Waals surface area contributed by atoms with E-state index in [2.05, 4.69) is 36.5 Å². The Labute approximate surface area is 125 Å². The van der Waals surface area contributed by atoms with Gasteiger partial charge in [-0.1, -0.05) is 43.3 Å². The molecule has 0 atom stereocenters. The standard InChI is InChI=1S/C18H21NO2/c1-2-14-3-5-16(6-4-14)13-19-18(21)12-9-15-7-10-17(20)11-8-15/h3-8,10-11,20H,2,9,12-13H2,1H3,(H,19,21). The Kier molecular flexibility index (Phi) is 5.38. The molecule has 0 aliphatic carbocycles. The predicted molar refractivity (Wildman–Crippen MR) is 84.1 cm³/mol. The fourth-order valence-corrected chi connectivity index (χ4v) is 2.10. The number of hydrogen-bond donors (Lipinski definition) is 2. The van der Waals surface area contributed by atoms with Crippen molar-refractivity contribution in [3.8, 4) is 5.75 Å². The number of rotatable bonds is 6. The van der Waals surface area contributed by atoms with Crippen LogP contribution in [0, 0.1) is 0 Å². The van der Waals surface area contributed by atoms with Crippen molar-refractivity contribution in [1.82, 2.24) is 5.32 Å². The maximum absolute atomic E-state index is 11.8. The van der Waals surface area contributed by atoms with Gasteiger partial charge in [0, 0.05) is 13.0 Å². The number of amides is 1. The number of nitrogens with one attached hydrogen (secondary N) is 1. The van der Waals surface area contributed by atoms with Crippen molar-refractivity contribution >= 4 is 5.91 Å². The summed E-state index contributed by atoms with van der Waals surface area (Å²) in [5.74, 6) is 0.293. The minimum atomic E-state index is 0.0441. The number of phenols is 1. The Balaban J connectivity index is 1.75. The lowest BCUT2D eigenvalue weighted by atomic mass is 10.1. The number of phenolic OH excluding ortho intramolecular Hbond substituents is 1. The van der Waals surface area contributed by atoms with E-state index < -0.39 is 0 Å². The zero-order chi connectivity index (χ0) is 15.1. The lowest BCUT2D eigenvalue weighted by Crippen LogP contribution is -2.22. The average Bonchev–Trinajstić information content (AvgIpc) is 2.53. The van der Waals surface area contributed by atoms with Crippen LogP contribution < -0.4 is 5.32 Å². The highest BCUT2D eigenvalue weighted by atomic mass is 16.3. The molecule has 2 rings (SSSR count). The molecule has 0 bridgehead atoms. The first-order valence-electron chi connectivity index (χ1n) is 7.30. The quantitative estimate of drug-likeness (QED) is 0.855. The second-order valence-corrected chi connectivity index (χ2v) is 5.11. The molecular formula is C18H21NO2. The molecule has 3 nitrogen and oxygen atoms in total. The van der Waals surface area contributed by atoms with Gasteiger partial charge in [-0.25, -0.2) is 0 Å². The molecule has 0 aliphatic heterocycles. The second kappa shape index (κ2) is 7.48. The van der Waals surface area contributed by atoms with Crippen molar-refractivity contribution in [3.05, 3.63) is 65.2 Å². The van der Waals surface area contributed by atoms with Gasteiger partial charge in [-0.3, -0.25) is 4.79 Å². The number of aryl methyl sites for hydroxylation is 2. The molecule has 0 unspecified atom stereocenters. The van der Waals surface area contributed by atoms with Gasteiger partial charge in [0.15, 0.2) is 0 Å². The Morgan fingerprint density at radius 3 is 2.14 bits per heavy atom. The van der Waals surface area contributed by atoms with Crippen LogP contribution in [0.3, 0.4) is 0 Å². The zero-order valence-corrected chi connectivity index (χ0v) is 12.3. The maximum atomic E-state index is 11.8. The normalized spacial score (nSPS) is 10.3. The van der Waals surface area contributed by atoms with Crippen LogP contribution in [0.15, 0.2) is 48.5 Å². The lowest BCUT2D eigenvalue weighted by molar-refractivity contribution is -0.121. The summed E-state index contributed by atoms with van der Waals surface area (Å²) in [6.45, 7) is 2.69. The summed E-state index contributed by atoms with van der Waals surface area (Å²) >= 11 is 0. The molecule has 1 amide bonds. The third-order valence-corrected chi connectivity index (χ3v) is 3.50. The first-order valence-corrected chi connectivity index (χ1v) is 7.30. The van der Waals surface area contributed by atoms with Crippen molar-refractivity contribution in [2.45, 2.75) is 32.7 Å². The monoisotopic (exact) mass is 283 g/mol.